The summed E-state index contributed by atoms with van der Waals surface area (Å²) in [4.78, 5) is 6.61. The highest BCUT2D eigenvalue weighted by molar-refractivity contribution is 7.91. The van der Waals surface area contributed by atoms with E-state index in [0.717, 1.165) is 25.9 Å². The maximum atomic E-state index is 12.4. The van der Waals surface area contributed by atoms with Gasteiger partial charge in [0.2, 0.25) is 0 Å². The van der Waals surface area contributed by atoms with Gasteiger partial charge in [-0.25, -0.2) is 13.4 Å². The largest absolute Gasteiger partial charge is 0.298 e. The third-order valence-corrected chi connectivity index (χ3v) is 5.82. The number of nitrogens with zero attached hydrogens (tertiary/aromatic N) is 4. The average molecular weight is 320 g/mol. The Hall–Kier alpha value is -1.73. The van der Waals surface area contributed by atoms with Crippen molar-refractivity contribution in [2.45, 2.75) is 30.3 Å². The van der Waals surface area contributed by atoms with Crippen molar-refractivity contribution < 1.29 is 8.42 Å². The zero-order valence-electron chi connectivity index (χ0n) is 12.4. The molecule has 1 aromatic carbocycles. The molecule has 1 fully saturated rings. The summed E-state index contributed by atoms with van der Waals surface area (Å²) in [5.74, 6) is 0.158. The molecular weight excluding hydrogens is 300 g/mol. The summed E-state index contributed by atoms with van der Waals surface area (Å²) >= 11 is 0. The Balaban J connectivity index is 1.60. The Kier molecular flexibility index (Phi) is 4.54. The van der Waals surface area contributed by atoms with Crippen LogP contribution in [0.4, 0.5) is 0 Å². The summed E-state index contributed by atoms with van der Waals surface area (Å²) in [7, 11) is -3.21. The van der Waals surface area contributed by atoms with E-state index in [-0.39, 0.29) is 5.75 Å². The lowest BCUT2D eigenvalue weighted by Gasteiger charge is -2.24. The molecule has 1 saturated heterocycles. The lowest BCUT2D eigenvalue weighted by atomic mass is 10.2. The molecule has 0 N–H and O–H groups in total. The van der Waals surface area contributed by atoms with Crippen LogP contribution in [0, 0.1) is 0 Å². The van der Waals surface area contributed by atoms with Crippen LogP contribution < -0.4 is 0 Å². The second-order valence-corrected chi connectivity index (χ2v) is 7.69. The Morgan fingerprint density at radius 2 is 2.05 bits per heavy atom. The van der Waals surface area contributed by atoms with Gasteiger partial charge in [0, 0.05) is 12.6 Å². The van der Waals surface area contributed by atoms with Crippen LogP contribution in [-0.2, 0) is 16.4 Å². The average Bonchev–Trinajstić information content (AvgIpc) is 3.19. The van der Waals surface area contributed by atoms with Gasteiger partial charge in [0.05, 0.1) is 17.2 Å². The van der Waals surface area contributed by atoms with Crippen LogP contribution in [0.2, 0.25) is 0 Å². The molecule has 6 nitrogen and oxygen atoms in total. The van der Waals surface area contributed by atoms with Crippen molar-refractivity contribution in [1.82, 2.24) is 19.7 Å². The van der Waals surface area contributed by atoms with Gasteiger partial charge < -0.3 is 0 Å². The van der Waals surface area contributed by atoms with Gasteiger partial charge in [-0.2, -0.15) is 5.10 Å². The molecule has 22 heavy (non-hydrogen) atoms. The number of hydrogen-bond donors (Lipinski definition) is 0. The second-order valence-electron chi connectivity index (χ2n) is 5.58. The second kappa shape index (κ2) is 6.58. The smallest absolute Gasteiger partial charge is 0.179 e. The molecule has 0 aliphatic carbocycles. The van der Waals surface area contributed by atoms with Crippen LogP contribution >= 0.6 is 0 Å². The molecule has 0 radical (unpaired) electrons. The van der Waals surface area contributed by atoms with Crippen LogP contribution in [0.15, 0.2) is 47.9 Å². The number of hydrogen-bond acceptors (Lipinski definition) is 5. The molecule has 0 saturated carbocycles. The molecule has 0 spiro atoms. The highest BCUT2D eigenvalue weighted by Crippen LogP contribution is 2.19. The highest BCUT2D eigenvalue weighted by Gasteiger charge is 2.26. The van der Waals surface area contributed by atoms with Gasteiger partial charge in [0.25, 0.3) is 0 Å². The van der Waals surface area contributed by atoms with Gasteiger partial charge in [0.1, 0.15) is 12.7 Å². The number of sulfone groups is 1. The molecule has 0 bridgehead atoms. The van der Waals surface area contributed by atoms with Crippen molar-refractivity contribution in [3.63, 3.8) is 0 Å². The minimum Gasteiger partial charge on any atom is -0.298 e. The van der Waals surface area contributed by atoms with E-state index in [2.05, 4.69) is 15.0 Å². The Labute approximate surface area is 130 Å². The first-order valence-corrected chi connectivity index (χ1v) is 9.15. The van der Waals surface area contributed by atoms with Crippen molar-refractivity contribution in [3.8, 4) is 0 Å². The molecule has 0 unspecified atom stereocenters. The summed E-state index contributed by atoms with van der Waals surface area (Å²) in [6, 6.07) is 9.01. The normalized spacial score (nSPS) is 19.5. The molecule has 3 rings (SSSR count). The summed E-state index contributed by atoms with van der Waals surface area (Å²) in [6.07, 6.45) is 5.41. The summed E-state index contributed by atoms with van der Waals surface area (Å²) in [6.45, 7) is 2.28. The quantitative estimate of drug-likeness (QED) is 0.800. The van der Waals surface area contributed by atoms with E-state index in [4.69, 9.17) is 0 Å². The summed E-state index contributed by atoms with van der Waals surface area (Å²) in [5, 5.41) is 4.13. The minimum absolute atomic E-state index is 0.158. The van der Waals surface area contributed by atoms with Crippen molar-refractivity contribution in [3.05, 3.63) is 43.0 Å². The predicted molar refractivity (Wildman–Crippen MR) is 83.1 cm³/mol. The first kappa shape index (κ1) is 15.2. The molecule has 0 amide bonds. The van der Waals surface area contributed by atoms with E-state index < -0.39 is 9.84 Å². The van der Waals surface area contributed by atoms with E-state index in [0.29, 0.717) is 17.5 Å². The molecular formula is C15H20N4O2S. The Bertz CT molecular complexity index is 686. The number of aromatic nitrogens is 3. The van der Waals surface area contributed by atoms with Crippen LogP contribution in [0.5, 0.6) is 0 Å². The molecule has 1 aromatic heterocycles. The van der Waals surface area contributed by atoms with Crippen molar-refractivity contribution in [2.75, 3.05) is 18.8 Å². The Morgan fingerprint density at radius 3 is 2.77 bits per heavy atom. The SMILES string of the molecule is O=S(=O)(CCN1CCC[C@H]1Cn1cncn1)c1ccccc1. The third-order valence-electron chi connectivity index (χ3n) is 4.11. The van der Waals surface area contributed by atoms with Crippen molar-refractivity contribution in [2.24, 2.45) is 0 Å². The van der Waals surface area contributed by atoms with E-state index >= 15 is 0 Å². The van der Waals surface area contributed by atoms with E-state index in [9.17, 15) is 8.42 Å². The van der Waals surface area contributed by atoms with Gasteiger partial charge in [-0.1, -0.05) is 18.2 Å². The molecule has 1 aliphatic heterocycles. The van der Waals surface area contributed by atoms with Crippen LogP contribution in [0.3, 0.4) is 0 Å². The lowest BCUT2D eigenvalue weighted by Crippen LogP contribution is -2.36. The van der Waals surface area contributed by atoms with E-state index in [1.807, 2.05) is 10.7 Å². The van der Waals surface area contributed by atoms with Crippen molar-refractivity contribution in [1.29, 1.82) is 0 Å². The molecule has 2 aromatic rings. The maximum Gasteiger partial charge on any atom is 0.179 e. The molecule has 1 aliphatic rings. The lowest BCUT2D eigenvalue weighted by molar-refractivity contribution is 0.239. The minimum atomic E-state index is -3.21. The maximum absolute atomic E-state index is 12.4. The Morgan fingerprint density at radius 1 is 1.23 bits per heavy atom. The predicted octanol–water partition coefficient (Wildman–Crippen LogP) is 1.22. The van der Waals surface area contributed by atoms with Crippen LogP contribution in [-0.4, -0.2) is 53.0 Å². The van der Waals surface area contributed by atoms with Gasteiger partial charge >= 0.3 is 0 Å². The fourth-order valence-electron chi connectivity index (χ4n) is 2.92. The van der Waals surface area contributed by atoms with Gasteiger partial charge in [-0.15, -0.1) is 0 Å². The van der Waals surface area contributed by atoms with Gasteiger partial charge in [0.15, 0.2) is 9.84 Å². The molecule has 7 heteroatoms. The zero-order valence-corrected chi connectivity index (χ0v) is 13.2. The van der Waals surface area contributed by atoms with Gasteiger partial charge in [-0.3, -0.25) is 9.58 Å². The van der Waals surface area contributed by atoms with E-state index in [1.165, 1.54) is 6.33 Å². The fraction of sp³-hybridized carbons (Fsp3) is 0.467. The van der Waals surface area contributed by atoms with E-state index in [1.54, 1.807) is 30.6 Å². The monoisotopic (exact) mass is 320 g/mol. The van der Waals surface area contributed by atoms with Crippen LogP contribution in [0.25, 0.3) is 0 Å². The number of likely N-dealkylation sites (tertiary alicyclic amines) is 1. The molecule has 1 atom stereocenters. The fourth-order valence-corrected chi connectivity index (χ4v) is 4.20. The summed E-state index contributed by atoms with van der Waals surface area (Å²) in [5.41, 5.74) is 0. The topological polar surface area (TPSA) is 68.1 Å². The first-order valence-electron chi connectivity index (χ1n) is 7.49. The highest BCUT2D eigenvalue weighted by atomic mass is 32.2. The van der Waals surface area contributed by atoms with Crippen molar-refractivity contribution >= 4 is 9.84 Å². The zero-order chi connectivity index (χ0) is 15.4. The number of benzene rings is 1. The first-order chi connectivity index (χ1) is 10.6. The summed E-state index contributed by atoms with van der Waals surface area (Å²) < 4.78 is 26.5. The van der Waals surface area contributed by atoms with Gasteiger partial charge in [-0.05, 0) is 31.5 Å². The standard InChI is InChI=1S/C15H20N4O2S/c20-22(21,15-6-2-1-3-7-15)10-9-18-8-4-5-14(18)11-19-13-16-12-17-19/h1-3,6-7,12-14H,4-5,8-11H2/t14-/m0/s1. The number of rotatable bonds is 6. The third kappa shape index (κ3) is 3.53. The van der Waals surface area contributed by atoms with Crippen LogP contribution in [0.1, 0.15) is 12.8 Å². The molecule has 2 heterocycles. The molecule has 118 valence electrons.